The number of carbonyl (C=O) groups is 1. The first kappa shape index (κ1) is 8.99. The molecule has 0 unspecified atom stereocenters. The van der Waals surface area contributed by atoms with Gasteiger partial charge in [0.25, 0.3) is 0 Å². The second-order valence-electron chi connectivity index (χ2n) is 3.62. The van der Waals surface area contributed by atoms with E-state index in [4.69, 9.17) is 10.8 Å². The Kier molecular flexibility index (Phi) is 1.74. The normalized spacial score (nSPS) is 17.8. The van der Waals surface area contributed by atoms with Gasteiger partial charge in [0.15, 0.2) is 0 Å². The molecule has 1 saturated carbocycles. The van der Waals surface area contributed by atoms with Crippen LogP contribution in [0.3, 0.4) is 0 Å². The maximum absolute atomic E-state index is 13.1. The third kappa shape index (κ3) is 1.14. The average molecular weight is 195 g/mol. The molecule has 3 nitrogen and oxygen atoms in total. The lowest BCUT2D eigenvalue weighted by Gasteiger charge is -2.10. The van der Waals surface area contributed by atoms with E-state index in [9.17, 15) is 9.18 Å². The van der Waals surface area contributed by atoms with Crippen LogP contribution in [0.2, 0.25) is 0 Å². The Bertz CT molecular complexity index is 399. The fraction of sp³-hybridized carbons (Fsp3) is 0.300. The van der Waals surface area contributed by atoms with Crippen molar-refractivity contribution in [1.29, 1.82) is 0 Å². The van der Waals surface area contributed by atoms with E-state index in [1.165, 1.54) is 12.1 Å². The van der Waals surface area contributed by atoms with Crippen LogP contribution in [0.5, 0.6) is 0 Å². The van der Waals surface area contributed by atoms with Gasteiger partial charge in [0.05, 0.1) is 11.1 Å². The third-order valence-electron chi connectivity index (χ3n) is 2.71. The van der Waals surface area contributed by atoms with Gasteiger partial charge >= 0.3 is 5.97 Å². The summed E-state index contributed by atoms with van der Waals surface area (Å²) in [7, 11) is 0. The minimum atomic E-state index is -0.887. The van der Waals surface area contributed by atoms with Gasteiger partial charge in [0.1, 0.15) is 5.82 Å². The third-order valence-corrected chi connectivity index (χ3v) is 2.71. The standard InChI is InChI=1S/C10H10FNO2/c11-7-5-6(1-2-8(7)12)10(3-4-10)9(13)14/h1-2,5H,3-4,12H2,(H,13,14). The lowest BCUT2D eigenvalue weighted by atomic mass is 9.96. The first-order valence-corrected chi connectivity index (χ1v) is 4.35. The monoisotopic (exact) mass is 195 g/mol. The van der Waals surface area contributed by atoms with Gasteiger partial charge in [-0.15, -0.1) is 0 Å². The van der Waals surface area contributed by atoms with Crippen LogP contribution in [0.1, 0.15) is 18.4 Å². The number of anilines is 1. The molecule has 1 aliphatic carbocycles. The van der Waals surface area contributed by atoms with Crippen molar-refractivity contribution in [3.05, 3.63) is 29.6 Å². The smallest absolute Gasteiger partial charge is 0.314 e. The molecule has 0 radical (unpaired) electrons. The highest BCUT2D eigenvalue weighted by atomic mass is 19.1. The Hall–Kier alpha value is -1.58. The van der Waals surface area contributed by atoms with E-state index in [1.807, 2.05) is 0 Å². The molecule has 0 amide bonds. The van der Waals surface area contributed by atoms with Crippen molar-refractivity contribution >= 4 is 11.7 Å². The van der Waals surface area contributed by atoms with Gasteiger partial charge in [-0.05, 0) is 30.5 Å². The highest BCUT2D eigenvalue weighted by Gasteiger charge is 2.51. The highest BCUT2D eigenvalue weighted by Crippen LogP contribution is 2.48. The second kappa shape index (κ2) is 2.70. The van der Waals surface area contributed by atoms with Crippen LogP contribution in [0.25, 0.3) is 0 Å². The Morgan fingerprint density at radius 1 is 1.50 bits per heavy atom. The Balaban J connectivity index is 2.43. The zero-order chi connectivity index (χ0) is 10.3. The molecule has 0 aliphatic heterocycles. The molecular weight excluding hydrogens is 185 g/mol. The van der Waals surface area contributed by atoms with Gasteiger partial charge in [-0.2, -0.15) is 0 Å². The first-order chi connectivity index (χ1) is 6.56. The van der Waals surface area contributed by atoms with Gasteiger partial charge in [0.2, 0.25) is 0 Å². The molecule has 0 spiro atoms. The largest absolute Gasteiger partial charge is 0.481 e. The second-order valence-corrected chi connectivity index (χ2v) is 3.62. The van der Waals surface area contributed by atoms with Crippen LogP contribution in [0, 0.1) is 5.82 Å². The van der Waals surface area contributed by atoms with Crippen molar-refractivity contribution in [3.8, 4) is 0 Å². The number of nitrogens with two attached hydrogens (primary N) is 1. The van der Waals surface area contributed by atoms with Crippen molar-refractivity contribution in [2.75, 3.05) is 5.73 Å². The molecule has 14 heavy (non-hydrogen) atoms. The summed E-state index contributed by atoms with van der Waals surface area (Å²) in [6.07, 6.45) is 1.15. The van der Waals surface area contributed by atoms with Crippen molar-refractivity contribution in [2.24, 2.45) is 0 Å². The molecule has 2 rings (SSSR count). The average Bonchev–Trinajstić information content (AvgIpc) is 2.90. The Labute approximate surface area is 80.3 Å². The van der Waals surface area contributed by atoms with E-state index in [0.29, 0.717) is 18.4 Å². The summed E-state index contributed by atoms with van der Waals surface area (Å²) in [4.78, 5) is 10.9. The summed E-state index contributed by atoms with van der Waals surface area (Å²) in [6, 6.07) is 4.21. The Morgan fingerprint density at radius 3 is 2.57 bits per heavy atom. The predicted octanol–water partition coefficient (Wildman–Crippen LogP) is 1.52. The van der Waals surface area contributed by atoms with Crippen molar-refractivity contribution < 1.29 is 14.3 Å². The SMILES string of the molecule is Nc1ccc(C2(C(=O)O)CC2)cc1F. The van der Waals surface area contributed by atoms with Gasteiger partial charge < -0.3 is 10.8 Å². The van der Waals surface area contributed by atoms with E-state index in [0.717, 1.165) is 0 Å². The van der Waals surface area contributed by atoms with Gasteiger partial charge in [-0.25, -0.2) is 4.39 Å². The van der Waals surface area contributed by atoms with Crippen molar-refractivity contribution in [2.45, 2.75) is 18.3 Å². The summed E-state index contributed by atoms with van der Waals surface area (Å²) < 4.78 is 13.1. The molecule has 4 heteroatoms. The molecule has 0 heterocycles. The molecule has 0 atom stereocenters. The number of hydrogen-bond acceptors (Lipinski definition) is 2. The number of hydrogen-bond donors (Lipinski definition) is 2. The van der Waals surface area contributed by atoms with E-state index >= 15 is 0 Å². The molecule has 1 aromatic carbocycles. The summed E-state index contributed by atoms with van der Waals surface area (Å²) in [6.45, 7) is 0. The number of benzene rings is 1. The van der Waals surface area contributed by atoms with E-state index in [1.54, 1.807) is 6.07 Å². The van der Waals surface area contributed by atoms with Crippen molar-refractivity contribution in [3.63, 3.8) is 0 Å². The van der Waals surface area contributed by atoms with Gasteiger partial charge in [-0.3, -0.25) is 4.79 Å². The van der Waals surface area contributed by atoms with E-state index in [2.05, 4.69) is 0 Å². The number of aliphatic carboxylic acids is 1. The molecule has 0 aromatic heterocycles. The minimum absolute atomic E-state index is 0.0509. The van der Waals surface area contributed by atoms with Crippen LogP contribution in [-0.4, -0.2) is 11.1 Å². The highest BCUT2D eigenvalue weighted by molar-refractivity contribution is 5.85. The number of carboxylic acid groups (broad SMARTS) is 1. The van der Waals surface area contributed by atoms with Crippen LogP contribution >= 0.6 is 0 Å². The van der Waals surface area contributed by atoms with Crippen LogP contribution in [-0.2, 0) is 10.2 Å². The van der Waals surface area contributed by atoms with Crippen LogP contribution in [0.15, 0.2) is 18.2 Å². The molecule has 74 valence electrons. The maximum Gasteiger partial charge on any atom is 0.314 e. The summed E-state index contributed by atoms with van der Waals surface area (Å²) >= 11 is 0. The topological polar surface area (TPSA) is 63.3 Å². The van der Waals surface area contributed by atoms with Crippen LogP contribution < -0.4 is 5.73 Å². The quantitative estimate of drug-likeness (QED) is 0.703. The van der Waals surface area contributed by atoms with Gasteiger partial charge in [-0.1, -0.05) is 6.07 Å². The maximum atomic E-state index is 13.1. The fourth-order valence-corrected chi connectivity index (χ4v) is 1.58. The number of carboxylic acids is 1. The van der Waals surface area contributed by atoms with Crippen LogP contribution in [0.4, 0.5) is 10.1 Å². The summed E-state index contributed by atoms with van der Waals surface area (Å²) in [5.74, 6) is -1.43. The Morgan fingerprint density at radius 2 is 2.14 bits per heavy atom. The fourth-order valence-electron chi connectivity index (χ4n) is 1.58. The molecule has 1 aromatic rings. The zero-order valence-corrected chi connectivity index (χ0v) is 7.46. The molecule has 1 aliphatic rings. The molecule has 0 bridgehead atoms. The molecule has 3 N–H and O–H groups in total. The summed E-state index contributed by atoms with van der Waals surface area (Å²) in [5.41, 5.74) is 5.02. The molecule has 1 fully saturated rings. The lowest BCUT2D eigenvalue weighted by molar-refractivity contribution is -0.140. The van der Waals surface area contributed by atoms with E-state index in [-0.39, 0.29) is 5.69 Å². The number of rotatable bonds is 2. The van der Waals surface area contributed by atoms with E-state index < -0.39 is 17.2 Å². The predicted molar refractivity (Wildman–Crippen MR) is 49.4 cm³/mol. The van der Waals surface area contributed by atoms with Crippen molar-refractivity contribution in [1.82, 2.24) is 0 Å². The van der Waals surface area contributed by atoms with Gasteiger partial charge in [0, 0.05) is 0 Å². The zero-order valence-electron chi connectivity index (χ0n) is 7.46. The number of halogens is 1. The minimum Gasteiger partial charge on any atom is -0.481 e. The molecule has 0 saturated heterocycles. The summed E-state index contributed by atoms with van der Waals surface area (Å²) in [5, 5.41) is 8.96. The lowest BCUT2D eigenvalue weighted by Crippen LogP contribution is -2.19. The first-order valence-electron chi connectivity index (χ1n) is 4.35. The molecular formula is C10H10FNO2. The number of nitrogen functional groups attached to an aromatic ring is 1.